The first-order valence-corrected chi connectivity index (χ1v) is 3.59. The minimum Gasteiger partial charge on any atom is -0.334 e. The summed E-state index contributed by atoms with van der Waals surface area (Å²) >= 11 is 0. The second-order valence-electron chi connectivity index (χ2n) is 2.90. The van der Waals surface area contributed by atoms with Gasteiger partial charge in [0.25, 0.3) is 0 Å². The molecule has 0 amide bonds. The van der Waals surface area contributed by atoms with Crippen molar-refractivity contribution in [3.8, 4) is 0 Å². The molecule has 0 spiro atoms. The van der Waals surface area contributed by atoms with Crippen molar-refractivity contribution in [2.75, 3.05) is 0 Å². The Balaban J connectivity index is 0.000000605. The number of hydrogen-bond acceptors (Lipinski definition) is 2. The molecule has 0 unspecified atom stereocenters. The fourth-order valence-electron chi connectivity index (χ4n) is 1.36. The van der Waals surface area contributed by atoms with Crippen LogP contribution in [0.15, 0.2) is 18.7 Å². The monoisotopic (exact) mass is 173 g/mol. The van der Waals surface area contributed by atoms with Gasteiger partial charge < -0.3 is 10.3 Å². The van der Waals surface area contributed by atoms with Gasteiger partial charge in [0.1, 0.15) is 0 Å². The largest absolute Gasteiger partial charge is 0.334 e. The van der Waals surface area contributed by atoms with Crippen LogP contribution in [0.1, 0.15) is 18.9 Å². The van der Waals surface area contributed by atoms with Crippen LogP contribution in [0.5, 0.6) is 0 Å². The topological polar surface area (TPSA) is 43.8 Å². The first-order chi connectivity index (χ1) is 4.86. The molecule has 4 heteroatoms. The average Bonchev–Trinajstić information content (AvgIpc) is 2.31. The van der Waals surface area contributed by atoms with Crippen LogP contribution in [0.4, 0.5) is 0 Å². The fourth-order valence-corrected chi connectivity index (χ4v) is 1.36. The van der Waals surface area contributed by atoms with Crippen LogP contribution in [0.2, 0.25) is 0 Å². The van der Waals surface area contributed by atoms with Crippen molar-refractivity contribution in [1.29, 1.82) is 0 Å². The van der Waals surface area contributed by atoms with Gasteiger partial charge in [-0.1, -0.05) is 0 Å². The Morgan fingerprint density at radius 2 is 2.18 bits per heavy atom. The highest BCUT2D eigenvalue weighted by Crippen LogP contribution is 2.29. The normalized spacial score (nSPS) is 28.8. The summed E-state index contributed by atoms with van der Waals surface area (Å²) in [5, 5.41) is 0. The fraction of sp³-hybridized carbons (Fsp3) is 0.571. The third kappa shape index (κ3) is 1.54. The molecule has 2 N–H and O–H groups in total. The molecule has 11 heavy (non-hydrogen) atoms. The molecule has 62 valence electrons. The van der Waals surface area contributed by atoms with E-state index < -0.39 is 0 Å². The predicted molar refractivity (Wildman–Crippen MR) is 45.7 cm³/mol. The number of halogens is 1. The van der Waals surface area contributed by atoms with Crippen LogP contribution in [-0.4, -0.2) is 15.6 Å². The lowest BCUT2D eigenvalue weighted by molar-refractivity contribution is 0.266. The Hall–Kier alpha value is -0.540. The Labute approximate surface area is 72.0 Å². The van der Waals surface area contributed by atoms with Crippen molar-refractivity contribution < 1.29 is 0 Å². The maximum Gasteiger partial charge on any atom is 0.0948 e. The molecule has 1 aliphatic rings. The molecule has 3 nitrogen and oxygen atoms in total. The van der Waals surface area contributed by atoms with E-state index in [1.165, 1.54) is 0 Å². The van der Waals surface area contributed by atoms with E-state index in [0.717, 1.165) is 12.8 Å². The second kappa shape index (κ2) is 3.24. The van der Waals surface area contributed by atoms with E-state index in [-0.39, 0.29) is 12.4 Å². The number of rotatable bonds is 1. The van der Waals surface area contributed by atoms with Gasteiger partial charge in [0.05, 0.1) is 6.33 Å². The molecule has 1 aromatic heterocycles. The molecule has 2 rings (SSSR count). The zero-order valence-corrected chi connectivity index (χ0v) is 7.00. The summed E-state index contributed by atoms with van der Waals surface area (Å²) in [5.74, 6) is 0. The third-order valence-electron chi connectivity index (χ3n) is 2.10. The Kier molecular flexibility index (Phi) is 2.52. The molecule has 1 saturated carbocycles. The van der Waals surface area contributed by atoms with Gasteiger partial charge in [-0.2, -0.15) is 0 Å². The predicted octanol–water partition coefficient (Wildman–Crippen LogP) is 0.967. The molecule has 0 aliphatic heterocycles. The average molecular weight is 174 g/mol. The minimum atomic E-state index is 0. The highest BCUT2D eigenvalue weighted by atomic mass is 35.5. The summed E-state index contributed by atoms with van der Waals surface area (Å²) in [4.78, 5) is 3.97. The van der Waals surface area contributed by atoms with Gasteiger partial charge in [-0.15, -0.1) is 12.4 Å². The molecular weight excluding hydrogens is 162 g/mol. The maximum atomic E-state index is 5.64. The van der Waals surface area contributed by atoms with Crippen LogP contribution < -0.4 is 5.73 Å². The lowest BCUT2D eigenvalue weighted by atomic mass is 9.87. The van der Waals surface area contributed by atoms with E-state index in [9.17, 15) is 0 Å². The zero-order chi connectivity index (χ0) is 6.97. The molecular formula is C7H12ClN3. The smallest absolute Gasteiger partial charge is 0.0948 e. The maximum absolute atomic E-state index is 5.64. The van der Waals surface area contributed by atoms with Gasteiger partial charge in [-0.3, -0.25) is 0 Å². The summed E-state index contributed by atoms with van der Waals surface area (Å²) < 4.78 is 2.13. The number of nitrogens with two attached hydrogens (primary N) is 1. The molecule has 1 fully saturated rings. The summed E-state index contributed by atoms with van der Waals surface area (Å²) in [5.41, 5.74) is 5.64. The van der Waals surface area contributed by atoms with Crippen molar-refractivity contribution in [2.24, 2.45) is 5.73 Å². The van der Waals surface area contributed by atoms with Crippen molar-refractivity contribution in [3.05, 3.63) is 18.7 Å². The number of imidazole rings is 1. The molecule has 0 radical (unpaired) electrons. The molecule has 1 heterocycles. The number of hydrogen-bond donors (Lipinski definition) is 1. The Morgan fingerprint density at radius 1 is 1.45 bits per heavy atom. The highest BCUT2D eigenvalue weighted by molar-refractivity contribution is 5.85. The lowest BCUT2D eigenvalue weighted by Crippen LogP contribution is -2.37. The van der Waals surface area contributed by atoms with Gasteiger partial charge in [-0.05, 0) is 12.8 Å². The van der Waals surface area contributed by atoms with Crippen LogP contribution >= 0.6 is 12.4 Å². The third-order valence-corrected chi connectivity index (χ3v) is 2.10. The van der Waals surface area contributed by atoms with E-state index in [1.807, 2.05) is 18.7 Å². The molecule has 0 saturated heterocycles. The van der Waals surface area contributed by atoms with Crippen LogP contribution in [0, 0.1) is 0 Å². The van der Waals surface area contributed by atoms with Crippen LogP contribution in [-0.2, 0) is 0 Å². The SMILES string of the molecule is Cl.NC1CC(n2ccnc2)C1. The first kappa shape index (κ1) is 8.56. The van der Waals surface area contributed by atoms with Gasteiger partial charge in [0, 0.05) is 24.5 Å². The van der Waals surface area contributed by atoms with E-state index in [2.05, 4.69) is 9.55 Å². The molecule has 0 atom stereocenters. The molecule has 0 bridgehead atoms. The van der Waals surface area contributed by atoms with Crippen LogP contribution in [0.3, 0.4) is 0 Å². The Bertz CT molecular complexity index is 203. The first-order valence-electron chi connectivity index (χ1n) is 3.59. The van der Waals surface area contributed by atoms with Crippen molar-refractivity contribution in [1.82, 2.24) is 9.55 Å². The van der Waals surface area contributed by atoms with E-state index in [0.29, 0.717) is 12.1 Å². The molecule has 0 aromatic carbocycles. The van der Waals surface area contributed by atoms with Crippen molar-refractivity contribution in [2.45, 2.75) is 24.9 Å². The molecule has 1 aliphatic carbocycles. The quantitative estimate of drug-likeness (QED) is 0.688. The van der Waals surface area contributed by atoms with E-state index in [4.69, 9.17) is 5.73 Å². The summed E-state index contributed by atoms with van der Waals surface area (Å²) in [6.45, 7) is 0. The van der Waals surface area contributed by atoms with Crippen molar-refractivity contribution in [3.63, 3.8) is 0 Å². The van der Waals surface area contributed by atoms with Crippen LogP contribution in [0.25, 0.3) is 0 Å². The van der Waals surface area contributed by atoms with Gasteiger partial charge in [-0.25, -0.2) is 4.98 Å². The summed E-state index contributed by atoms with van der Waals surface area (Å²) in [6, 6.07) is 1.05. The zero-order valence-electron chi connectivity index (χ0n) is 6.18. The Morgan fingerprint density at radius 3 is 2.64 bits per heavy atom. The standard InChI is InChI=1S/C7H11N3.ClH/c8-6-3-7(4-6)10-2-1-9-5-10;/h1-2,5-7H,3-4,8H2;1H. The number of nitrogens with zero attached hydrogens (tertiary/aromatic N) is 2. The minimum absolute atomic E-state index is 0. The summed E-state index contributed by atoms with van der Waals surface area (Å²) in [7, 11) is 0. The van der Waals surface area contributed by atoms with Crippen molar-refractivity contribution >= 4 is 12.4 Å². The highest BCUT2D eigenvalue weighted by Gasteiger charge is 2.26. The molecule has 1 aromatic rings. The number of aromatic nitrogens is 2. The van der Waals surface area contributed by atoms with E-state index >= 15 is 0 Å². The lowest BCUT2D eigenvalue weighted by Gasteiger charge is -2.33. The summed E-state index contributed by atoms with van der Waals surface area (Å²) in [6.07, 6.45) is 7.88. The van der Waals surface area contributed by atoms with E-state index in [1.54, 1.807) is 0 Å². The second-order valence-corrected chi connectivity index (χ2v) is 2.90. The van der Waals surface area contributed by atoms with Gasteiger partial charge in [0.15, 0.2) is 0 Å². The van der Waals surface area contributed by atoms with Gasteiger partial charge in [0.2, 0.25) is 0 Å². The van der Waals surface area contributed by atoms with Gasteiger partial charge >= 0.3 is 0 Å².